The molecule has 2 bridgehead atoms. The topological polar surface area (TPSA) is 65.1 Å². The molecule has 1 amide bonds. The summed E-state index contributed by atoms with van der Waals surface area (Å²) in [6, 6.07) is 3.65. The second-order valence-corrected chi connectivity index (χ2v) is 8.11. The molecule has 0 N–H and O–H groups in total. The van der Waals surface area contributed by atoms with E-state index >= 15 is 0 Å². The van der Waals surface area contributed by atoms with Crippen molar-refractivity contribution in [3.63, 3.8) is 0 Å². The highest BCUT2D eigenvalue weighted by atomic mass is 19.1. The van der Waals surface area contributed by atoms with Crippen LogP contribution in [0.2, 0.25) is 0 Å². The number of piperidine rings is 1. The number of ether oxygens (including phenoxy) is 3. The molecule has 0 aromatic heterocycles. The maximum atomic E-state index is 14.2. The van der Waals surface area contributed by atoms with Crippen LogP contribution in [0.15, 0.2) is 18.2 Å². The molecule has 0 aliphatic carbocycles. The number of ketones is 1. The summed E-state index contributed by atoms with van der Waals surface area (Å²) in [5.74, 6) is -0.748. The van der Waals surface area contributed by atoms with E-state index in [0.717, 1.165) is 0 Å². The molecule has 3 rings (SSSR count). The van der Waals surface area contributed by atoms with E-state index in [0.29, 0.717) is 31.8 Å². The highest BCUT2D eigenvalue weighted by Gasteiger charge is 2.45. The fourth-order valence-electron chi connectivity index (χ4n) is 3.78. The fourth-order valence-corrected chi connectivity index (χ4v) is 3.78. The van der Waals surface area contributed by atoms with E-state index in [1.165, 1.54) is 25.3 Å². The van der Waals surface area contributed by atoms with E-state index in [4.69, 9.17) is 14.2 Å². The van der Waals surface area contributed by atoms with Crippen molar-refractivity contribution in [2.24, 2.45) is 5.92 Å². The van der Waals surface area contributed by atoms with Gasteiger partial charge in [0, 0.05) is 5.92 Å². The van der Waals surface area contributed by atoms with Crippen LogP contribution in [0, 0.1) is 11.7 Å². The summed E-state index contributed by atoms with van der Waals surface area (Å²) in [4.78, 5) is 27.2. The first kappa shape index (κ1) is 19.6. The van der Waals surface area contributed by atoms with Gasteiger partial charge in [-0.3, -0.25) is 9.69 Å². The quantitative estimate of drug-likeness (QED) is 0.753. The van der Waals surface area contributed by atoms with E-state index in [1.807, 2.05) is 20.8 Å². The third-order valence-corrected chi connectivity index (χ3v) is 4.93. The lowest BCUT2D eigenvalue weighted by Crippen LogP contribution is -2.60. The Morgan fingerprint density at radius 1 is 1.19 bits per heavy atom. The number of carbonyl (C=O) groups excluding carboxylic acids is 2. The molecule has 148 valence electrons. The lowest BCUT2D eigenvalue weighted by atomic mass is 9.80. The van der Waals surface area contributed by atoms with E-state index in [2.05, 4.69) is 0 Å². The highest BCUT2D eigenvalue weighted by Crippen LogP contribution is 2.35. The zero-order chi connectivity index (χ0) is 19.8. The lowest BCUT2D eigenvalue weighted by Gasteiger charge is -2.47. The maximum absolute atomic E-state index is 14.2. The Bertz CT molecular complexity index is 716. The average Bonchev–Trinajstić information content (AvgIpc) is 2.59. The third kappa shape index (κ3) is 4.24. The Balaban J connectivity index is 1.78. The number of halogens is 1. The number of Topliss-reactive ketones (excluding diaryl/α,β-unsaturated/α-hetero) is 1. The number of fused-ring (bicyclic) bond motifs is 2. The van der Waals surface area contributed by atoms with Gasteiger partial charge in [-0.2, -0.15) is 0 Å². The summed E-state index contributed by atoms with van der Waals surface area (Å²) in [5, 5.41) is 0. The van der Waals surface area contributed by atoms with Crippen molar-refractivity contribution in [1.29, 1.82) is 0 Å². The van der Waals surface area contributed by atoms with Crippen LogP contribution in [0.4, 0.5) is 9.18 Å². The van der Waals surface area contributed by atoms with Gasteiger partial charge in [-0.1, -0.05) is 0 Å². The molecule has 1 aromatic rings. The Labute approximate surface area is 158 Å². The van der Waals surface area contributed by atoms with Crippen molar-refractivity contribution in [3.8, 4) is 5.75 Å². The molecule has 2 fully saturated rings. The summed E-state index contributed by atoms with van der Waals surface area (Å²) in [5.41, 5.74) is -0.563. The van der Waals surface area contributed by atoms with Gasteiger partial charge in [0.15, 0.2) is 5.78 Å². The molecule has 27 heavy (non-hydrogen) atoms. The van der Waals surface area contributed by atoms with Crippen LogP contribution in [-0.2, 0) is 9.47 Å². The average molecular weight is 379 g/mol. The summed E-state index contributed by atoms with van der Waals surface area (Å²) >= 11 is 0. The molecule has 2 atom stereocenters. The predicted octanol–water partition coefficient (Wildman–Crippen LogP) is 3.43. The van der Waals surface area contributed by atoms with Crippen molar-refractivity contribution in [2.75, 3.05) is 20.3 Å². The van der Waals surface area contributed by atoms with Crippen LogP contribution in [0.3, 0.4) is 0 Å². The minimum atomic E-state index is -0.595. The predicted molar refractivity (Wildman–Crippen MR) is 96.5 cm³/mol. The molecule has 0 saturated carbocycles. The van der Waals surface area contributed by atoms with E-state index < -0.39 is 11.4 Å². The van der Waals surface area contributed by atoms with Gasteiger partial charge in [-0.15, -0.1) is 0 Å². The molecule has 6 nitrogen and oxygen atoms in total. The molecule has 0 radical (unpaired) electrons. The van der Waals surface area contributed by atoms with Gasteiger partial charge in [0.25, 0.3) is 0 Å². The third-order valence-electron chi connectivity index (χ3n) is 4.93. The summed E-state index contributed by atoms with van der Waals surface area (Å²) < 4.78 is 30.4. The molecular formula is C20H26FNO5. The van der Waals surface area contributed by atoms with Gasteiger partial charge in [0.05, 0.1) is 38.0 Å². The van der Waals surface area contributed by atoms with Crippen molar-refractivity contribution < 1.29 is 28.2 Å². The summed E-state index contributed by atoms with van der Waals surface area (Å²) in [6.45, 7) is 6.15. The minimum Gasteiger partial charge on any atom is -0.497 e. The Kier molecular flexibility index (Phi) is 5.42. The monoisotopic (exact) mass is 379 g/mol. The first-order valence-corrected chi connectivity index (χ1v) is 9.16. The van der Waals surface area contributed by atoms with Gasteiger partial charge in [0.2, 0.25) is 0 Å². The van der Waals surface area contributed by atoms with Gasteiger partial charge in [-0.25, -0.2) is 9.18 Å². The molecule has 0 spiro atoms. The fraction of sp³-hybridized carbons (Fsp3) is 0.600. The number of morpholine rings is 1. The number of rotatable bonds is 3. The normalized spacial score (nSPS) is 25.1. The molecular weight excluding hydrogens is 353 g/mol. The molecule has 2 unspecified atom stereocenters. The maximum Gasteiger partial charge on any atom is 0.410 e. The number of methoxy groups -OCH3 is 1. The van der Waals surface area contributed by atoms with Crippen LogP contribution in [0.25, 0.3) is 0 Å². The number of benzene rings is 1. The Hall–Kier alpha value is -2.15. The number of hydrogen-bond donors (Lipinski definition) is 0. The van der Waals surface area contributed by atoms with E-state index in [-0.39, 0.29) is 35.4 Å². The largest absolute Gasteiger partial charge is 0.497 e. The molecule has 1 aromatic carbocycles. The van der Waals surface area contributed by atoms with Crippen molar-refractivity contribution in [3.05, 3.63) is 29.6 Å². The Morgan fingerprint density at radius 2 is 1.81 bits per heavy atom. The number of hydrogen-bond acceptors (Lipinski definition) is 5. The van der Waals surface area contributed by atoms with Crippen LogP contribution in [0.1, 0.15) is 44.0 Å². The molecule has 2 heterocycles. The number of amides is 1. The lowest BCUT2D eigenvalue weighted by molar-refractivity contribution is -0.0861. The second kappa shape index (κ2) is 7.46. The zero-order valence-electron chi connectivity index (χ0n) is 16.2. The van der Waals surface area contributed by atoms with Crippen LogP contribution in [0.5, 0.6) is 5.75 Å². The van der Waals surface area contributed by atoms with Gasteiger partial charge in [-0.05, 0) is 51.8 Å². The first-order valence-electron chi connectivity index (χ1n) is 9.16. The van der Waals surface area contributed by atoms with E-state index in [1.54, 1.807) is 4.90 Å². The highest BCUT2D eigenvalue weighted by molar-refractivity contribution is 5.98. The van der Waals surface area contributed by atoms with Crippen LogP contribution in [-0.4, -0.2) is 54.8 Å². The number of carbonyl (C=O) groups is 2. The SMILES string of the molecule is COc1ccc(F)c(C(=O)C2CC3COCC(C2)N3C(=O)OC(C)(C)C)c1. The van der Waals surface area contributed by atoms with Gasteiger partial charge < -0.3 is 14.2 Å². The van der Waals surface area contributed by atoms with Crippen molar-refractivity contribution in [1.82, 2.24) is 4.90 Å². The summed E-state index contributed by atoms with van der Waals surface area (Å²) in [7, 11) is 1.47. The van der Waals surface area contributed by atoms with Gasteiger partial charge in [0.1, 0.15) is 17.2 Å². The molecule has 2 aliphatic rings. The molecule has 2 saturated heterocycles. The van der Waals surface area contributed by atoms with Crippen molar-refractivity contribution >= 4 is 11.9 Å². The minimum absolute atomic E-state index is 0.0315. The molecule has 7 heteroatoms. The zero-order valence-corrected chi connectivity index (χ0v) is 16.2. The second-order valence-electron chi connectivity index (χ2n) is 8.11. The molecule has 2 aliphatic heterocycles. The smallest absolute Gasteiger partial charge is 0.410 e. The number of nitrogens with zero attached hydrogens (tertiary/aromatic N) is 1. The summed E-state index contributed by atoms with van der Waals surface area (Å²) in [6.07, 6.45) is 0.454. The van der Waals surface area contributed by atoms with E-state index in [9.17, 15) is 14.0 Å². The first-order chi connectivity index (χ1) is 12.7. The Morgan fingerprint density at radius 3 is 2.37 bits per heavy atom. The standard InChI is InChI=1S/C20H26FNO5/c1-20(2,3)27-19(24)22-13-7-12(8-14(22)11-26-10-13)18(23)16-9-15(25-4)5-6-17(16)21/h5-6,9,12-14H,7-8,10-11H2,1-4H3. The van der Waals surface area contributed by atoms with Crippen LogP contribution < -0.4 is 4.74 Å². The van der Waals surface area contributed by atoms with Gasteiger partial charge >= 0.3 is 6.09 Å². The van der Waals surface area contributed by atoms with Crippen LogP contribution >= 0.6 is 0 Å². The van der Waals surface area contributed by atoms with Crippen molar-refractivity contribution in [2.45, 2.75) is 51.3 Å².